The van der Waals surface area contributed by atoms with Gasteiger partial charge in [0.1, 0.15) is 5.56 Å². The molecule has 2 aromatic rings. The van der Waals surface area contributed by atoms with E-state index >= 15 is 0 Å². The normalized spacial score (nSPS) is 16.8. The number of hydrogen-bond donors (Lipinski definition) is 1. The molecule has 1 fully saturated rings. The molecular formula is C22H26N2O4. The molecule has 6 heteroatoms. The summed E-state index contributed by atoms with van der Waals surface area (Å²) in [7, 11) is 0. The number of carboxylic acid groups (broad SMARTS) is 1. The van der Waals surface area contributed by atoms with Crippen molar-refractivity contribution in [2.24, 2.45) is 0 Å². The smallest absolute Gasteiger partial charge is 0.335 e. The Bertz CT molecular complexity index is 960. The quantitative estimate of drug-likeness (QED) is 0.881. The molecule has 1 amide bonds. The Balaban J connectivity index is 1.86. The highest BCUT2D eigenvalue weighted by Crippen LogP contribution is 2.28. The van der Waals surface area contributed by atoms with Gasteiger partial charge in [0.25, 0.3) is 11.5 Å². The van der Waals surface area contributed by atoms with Gasteiger partial charge in [0.15, 0.2) is 0 Å². The lowest BCUT2D eigenvalue weighted by atomic mass is 9.89. The van der Waals surface area contributed by atoms with E-state index in [2.05, 4.69) is 0 Å². The van der Waals surface area contributed by atoms with Crippen molar-refractivity contribution >= 4 is 11.9 Å². The van der Waals surface area contributed by atoms with Crippen LogP contribution in [0.1, 0.15) is 63.2 Å². The van der Waals surface area contributed by atoms with E-state index in [1.54, 1.807) is 21.6 Å². The molecule has 1 aromatic heterocycles. The summed E-state index contributed by atoms with van der Waals surface area (Å²) in [6, 6.07) is 8.74. The first-order valence-electron chi connectivity index (χ1n) is 9.67. The van der Waals surface area contributed by atoms with Gasteiger partial charge < -0.3 is 14.6 Å². The Morgan fingerprint density at radius 3 is 2.46 bits per heavy atom. The van der Waals surface area contributed by atoms with Crippen molar-refractivity contribution in [2.45, 2.75) is 46.1 Å². The third kappa shape index (κ3) is 3.72. The van der Waals surface area contributed by atoms with Crippen LogP contribution in [0, 0.1) is 13.8 Å². The molecule has 3 rings (SSSR count). The topological polar surface area (TPSA) is 79.6 Å². The third-order valence-electron chi connectivity index (χ3n) is 5.57. The second-order valence-corrected chi connectivity index (χ2v) is 7.41. The highest BCUT2D eigenvalue weighted by atomic mass is 16.4. The maximum absolute atomic E-state index is 13.2. The molecule has 0 saturated carbocycles. The fourth-order valence-electron chi connectivity index (χ4n) is 4.07. The van der Waals surface area contributed by atoms with Crippen LogP contribution in [-0.2, 0) is 6.54 Å². The van der Waals surface area contributed by atoms with Gasteiger partial charge in [-0.3, -0.25) is 9.59 Å². The zero-order valence-electron chi connectivity index (χ0n) is 16.6. The van der Waals surface area contributed by atoms with Crippen molar-refractivity contribution in [1.29, 1.82) is 0 Å². The van der Waals surface area contributed by atoms with Gasteiger partial charge in [-0.1, -0.05) is 12.1 Å². The van der Waals surface area contributed by atoms with Crippen LogP contribution < -0.4 is 5.56 Å². The van der Waals surface area contributed by atoms with E-state index in [1.807, 2.05) is 39.0 Å². The van der Waals surface area contributed by atoms with Gasteiger partial charge in [0.2, 0.25) is 0 Å². The third-order valence-corrected chi connectivity index (χ3v) is 5.57. The predicted molar refractivity (Wildman–Crippen MR) is 107 cm³/mol. The molecule has 28 heavy (non-hydrogen) atoms. The molecule has 148 valence electrons. The summed E-state index contributed by atoms with van der Waals surface area (Å²) >= 11 is 0. The van der Waals surface area contributed by atoms with E-state index in [4.69, 9.17) is 5.11 Å². The summed E-state index contributed by atoms with van der Waals surface area (Å²) in [5.74, 6) is -1.02. The van der Waals surface area contributed by atoms with Crippen LogP contribution in [0.5, 0.6) is 0 Å². The van der Waals surface area contributed by atoms with Crippen molar-refractivity contribution in [2.75, 3.05) is 13.1 Å². The Labute approximate surface area is 164 Å². The summed E-state index contributed by atoms with van der Waals surface area (Å²) in [5.41, 5.74) is 2.88. The van der Waals surface area contributed by atoms with Crippen molar-refractivity contribution in [3.63, 3.8) is 0 Å². The highest BCUT2D eigenvalue weighted by Gasteiger charge is 2.28. The van der Waals surface area contributed by atoms with Gasteiger partial charge in [-0.25, -0.2) is 4.79 Å². The Kier molecular flexibility index (Phi) is 5.68. The zero-order valence-corrected chi connectivity index (χ0v) is 16.6. The van der Waals surface area contributed by atoms with Crippen LogP contribution in [0.25, 0.3) is 0 Å². The number of carbonyl (C=O) groups is 2. The summed E-state index contributed by atoms with van der Waals surface area (Å²) in [6.07, 6.45) is 1.78. The molecule has 1 aromatic carbocycles. The largest absolute Gasteiger partial charge is 0.478 e. The fourth-order valence-corrected chi connectivity index (χ4v) is 4.07. The van der Waals surface area contributed by atoms with E-state index in [0.29, 0.717) is 25.2 Å². The van der Waals surface area contributed by atoms with Crippen LogP contribution in [0.4, 0.5) is 0 Å². The maximum Gasteiger partial charge on any atom is 0.335 e. The van der Waals surface area contributed by atoms with Crippen LogP contribution in [-0.4, -0.2) is 39.5 Å². The average Bonchev–Trinajstić information content (AvgIpc) is 2.68. The van der Waals surface area contributed by atoms with Crippen molar-refractivity contribution in [1.82, 2.24) is 9.47 Å². The number of carbonyl (C=O) groups excluding carboxylic acids is 1. The Hall–Kier alpha value is -2.89. The molecule has 0 aliphatic carbocycles. The lowest BCUT2D eigenvalue weighted by Gasteiger charge is -2.33. The molecule has 1 unspecified atom stereocenters. The molecule has 0 radical (unpaired) electrons. The number of rotatable bonds is 4. The number of pyridine rings is 1. The molecule has 1 aliphatic rings. The number of hydrogen-bond acceptors (Lipinski definition) is 3. The number of nitrogens with zero attached hydrogens (tertiary/aromatic N) is 2. The van der Waals surface area contributed by atoms with Crippen molar-refractivity contribution < 1.29 is 14.7 Å². The molecule has 0 bridgehead atoms. The monoisotopic (exact) mass is 382 g/mol. The van der Waals surface area contributed by atoms with Crippen LogP contribution >= 0.6 is 0 Å². The summed E-state index contributed by atoms with van der Waals surface area (Å²) < 4.78 is 1.63. The van der Waals surface area contributed by atoms with Crippen molar-refractivity contribution in [3.8, 4) is 0 Å². The number of aromatic carboxylic acids is 1. The molecule has 0 spiro atoms. The first-order chi connectivity index (χ1) is 13.3. The number of aromatic nitrogens is 1. The van der Waals surface area contributed by atoms with Gasteiger partial charge in [-0.15, -0.1) is 0 Å². The lowest BCUT2D eigenvalue weighted by molar-refractivity contribution is 0.0693. The fraction of sp³-hybridized carbons (Fsp3) is 0.409. The predicted octanol–water partition coefficient (Wildman–Crippen LogP) is 3.20. The van der Waals surface area contributed by atoms with Gasteiger partial charge in [-0.2, -0.15) is 0 Å². The number of aryl methyl sites for hydroxylation is 2. The van der Waals surface area contributed by atoms with E-state index < -0.39 is 5.97 Å². The van der Waals surface area contributed by atoms with Crippen molar-refractivity contribution in [3.05, 3.63) is 68.6 Å². The standard InChI is InChI=1S/C22H26N2O4/c1-4-24-15(3)12-14(2)19(21(24)26)20(25)23-11-5-6-18(13-23)16-7-9-17(10-8-16)22(27)28/h7-10,12,18H,4-6,11,13H2,1-3H3,(H,27,28). The molecular weight excluding hydrogens is 356 g/mol. The van der Waals surface area contributed by atoms with Gasteiger partial charge in [0, 0.05) is 31.2 Å². The first-order valence-corrected chi connectivity index (χ1v) is 9.67. The average molecular weight is 382 g/mol. The van der Waals surface area contributed by atoms with Crippen LogP contribution in [0.2, 0.25) is 0 Å². The second kappa shape index (κ2) is 8.00. The molecule has 2 heterocycles. The number of likely N-dealkylation sites (tertiary alicyclic amines) is 1. The molecule has 6 nitrogen and oxygen atoms in total. The highest BCUT2D eigenvalue weighted by molar-refractivity contribution is 5.95. The molecule has 1 N–H and O–H groups in total. The van der Waals surface area contributed by atoms with E-state index in [1.165, 1.54) is 0 Å². The minimum absolute atomic E-state index is 0.139. The maximum atomic E-state index is 13.2. The van der Waals surface area contributed by atoms with Gasteiger partial charge in [0.05, 0.1) is 5.56 Å². The number of piperidine rings is 1. The Morgan fingerprint density at radius 2 is 1.86 bits per heavy atom. The number of benzene rings is 1. The molecule has 1 saturated heterocycles. The Morgan fingerprint density at radius 1 is 1.18 bits per heavy atom. The zero-order chi connectivity index (χ0) is 20.4. The van der Waals surface area contributed by atoms with Crippen LogP contribution in [0.3, 0.4) is 0 Å². The summed E-state index contributed by atoms with van der Waals surface area (Å²) in [4.78, 5) is 38.8. The SMILES string of the molecule is CCn1c(C)cc(C)c(C(=O)N2CCCC(c3ccc(C(=O)O)cc3)C2)c1=O. The van der Waals surface area contributed by atoms with Gasteiger partial charge in [-0.05, 0) is 62.9 Å². The summed E-state index contributed by atoms with van der Waals surface area (Å²) in [5, 5.41) is 9.06. The van der Waals surface area contributed by atoms with E-state index in [9.17, 15) is 14.4 Å². The summed E-state index contributed by atoms with van der Waals surface area (Å²) in [6.45, 7) is 7.28. The second-order valence-electron chi connectivity index (χ2n) is 7.41. The molecule has 1 atom stereocenters. The number of amides is 1. The van der Waals surface area contributed by atoms with E-state index in [-0.39, 0.29) is 28.5 Å². The minimum Gasteiger partial charge on any atom is -0.478 e. The first kappa shape index (κ1) is 19.9. The van der Waals surface area contributed by atoms with Crippen LogP contribution in [0.15, 0.2) is 35.1 Å². The number of carboxylic acids is 1. The molecule has 1 aliphatic heterocycles. The minimum atomic E-state index is -0.950. The van der Waals surface area contributed by atoms with Gasteiger partial charge >= 0.3 is 5.97 Å². The van der Waals surface area contributed by atoms with E-state index in [0.717, 1.165) is 24.1 Å². The lowest BCUT2D eigenvalue weighted by Crippen LogP contribution is -2.42.